The minimum atomic E-state index is -3.53. The van der Waals surface area contributed by atoms with Crippen LogP contribution >= 0.6 is 11.6 Å². The Morgan fingerprint density at radius 2 is 1.58 bits per heavy atom. The maximum Gasteiger partial charge on any atom is 0.260 e. The predicted octanol–water partition coefficient (Wildman–Crippen LogP) is 2.25. The normalized spacial score (nSPS) is 15.7. The van der Waals surface area contributed by atoms with Gasteiger partial charge in [0.1, 0.15) is 5.75 Å². The van der Waals surface area contributed by atoms with Crippen LogP contribution in [-0.2, 0) is 14.8 Å². The lowest BCUT2D eigenvalue weighted by Gasteiger charge is -2.34. The first kappa shape index (κ1) is 18.7. The summed E-state index contributed by atoms with van der Waals surface area (Å²) in [4.78, 5) is 14.2. The molecule has 0 aliphatic carbocycles. The number of nitrogens with zero attached hydrogens (tertiary/aromatic N) is 2. The molecule has 2 aromatic rings. The molecule has 0 unspecified atom stereocenters. The summed E-state index contributed by atoms with van der Waals surface area (Å²) in [5.41, 5.74) is 0. The first-order valence-corrected chi connectivity index (χ1v) is 10.0. The van der Waals surface area contributed by atoms with E-state index < -0.39 is 10.0 Å². The van der Waals surface area contributed by atoms with Gasteiger partial charge < -0.3 is 9.64 Å². The number of amides is 1. The van der Waals surface area contributed by atoms with Crippen LogP contribution in [-0.4, -0.2) is 56.3 Å². The maximum atomic E-state index is 12.6. The number of carbonyl (C=O) groups excluding carboxylic acids is 1. The number of hydrogen-bond acceptors (Lipinski definition) is 4. The molecule has 3 rings (SSSR count). The van der Waals surface area contributed by atoms with Gasteiger partial charge in [-0.25, -0.2) is 8.42 Å². The highest BCUT2D eigenvalue weighted by atomic mass is 35.5. The van der Waals surface area contributed by atoms with Crippen LogP contribution in [0.25, 0.3) is 0 Å². The first-order valence-electron chi connectivity index (χ1n) is 8.19. The van der Waals surface area contributed by atoms with Gasteiger partial charge in [0.2, 0.25) is 10.0 Å². The zero-order valence-corrected chi connectivity index (χ0v) is 15.6. The Labute approximate surface area is 158 Å². The van der Waals surface area contributed by atoms with Crippen molar-refractivity contribution in [3.05, 3.63) is 59.6 Å². The molecule has 1 aliphatic heterocycles. The fourth-order valence-electron chi connectivity index (χ4n) is 2.71. The number of hydrogen-bond donors (Lipinski definition) is 0. The number of carbonyl (C=O) groups is 1. The van der Waals surface area contributed by atoms with Crippen molar-refractivity contribution < 1.29 is 17.9 Å². The van der Waals surface area contributed by atoms with Crippen molar-refractivity contribution in [2.75, 3.05) is 32.8 Å². The summed E-state index contributed by atoms with van der Waals surface area (Å²) < 4.78 is 32.1. The summed E-state index contributed by atoms with van der Waals surface area (Å²) in [6, 6.07) is 15.2. The molecular weight excluding hydrogens is 376 g/mol. The van der Waals surface area contributed by atoms with Crippen LogP contribution in [0, 0.1) is 0 Å². The van der Waals surface area contributed by atoms with Gasteiger partial charge in [0, 0.05) is 26.2 Å². The third kappa shape index (κ3) is 4.17. The highest BCUT2D eigenvalue weighted by Gasteiger charge is 2.30. The van der Waals surface area contributed by atoms with Gasteiger partial charge in [-0.2, -0.15) is 4.31 Å². The summed E-state index contributed by atoms with van der Waals surface area (Å²) in [6.45, 7) is 1.05. The van der Waals surface area contributed by atoms with E-state index in [0.29, 0.717) is 23.9 Å². The molecule has 1 saturated heterocycles. The average Bonchev–Trinajstić information content (AvgIpc) is 2.68. The summed E-state index contributed by atoms with van der Waals surface area (Å²) in [5.74, 6) is 0.259. The van der Waals surface area contributed by atoms with Gasteiger partial charge in [-0.3, -0.25) is 4.79 Å². The average molecular weight is 395 g/mol. The Balaban J connectivity index is 1.55. The molecule has 0 spiro atoms. The quantitative estimate of drug-likeness (QED) is 0.780. The van der Waals surface area contributed by atoms with Crippen LogP contribution in [0.5, 0.6) is 5.75 Å². The van der Waals surface area contributed by atoms with Gasteiger partial charge in [-0.15, -0.1) is 0 Å². The highest BCUT2D eigenvalue weighted by molar-refractivity contribution is 7.89. The van der Waals surface area contributed by atoms with Gasteiger partial charge >= 0.3 is 0 Å². The highest BCUT2D eigenvalue weighted by Crippen LogP contribution is 2.23. The minimum Gasteiger partial charge on any atom is -0.482 e. The van der Waals surface area contributed by atoms with Crippen molar-refractivity contribution in [2.24, 2.45) is 0 Å². The van der Waals surface area contributed by atoms with Crippen molar-refractivity contribution in [3.8, 4) is 5.75 Å². The van der Waals surface area contributed by atoms with E-state index >= 15 is 0 Å². The largest absolute Gasteiger partial charge is 0.482 e. The van der Waals surface area contributed by atoms with E-state index in [9.17, 15) is 13.2 Å². The van der Waals surface area contributed by atoms with Crippen molar-refractivity contribution in [1.82, 2.24) is 9.21 Å². The molecule has 8 heteroatoms. The smallest absolute Gasteiger partial charge is 0.260 e. The maximum absolute atomic E-state index is 12.6. The minimum absolute atomic E-state index is 0.130. The molecule has 2 aromatic carbocycles. The second-order valence-electron chi connectivity index (χ2n) is 5.82. The van der Waals surface area contributed by atoms with Crippen LogP contribution < -0.4 is 4.74 Å². The van der Waals surface area contributed by atoms with Crippen LogP contribution in [0.1, 0.15) is 0 Å². The standard InChI is InChI=1S/C18H19ClN2O4S/c19-16-8-4-5-9-17(16)25-14-18(22)20-10-12-21(13-11-20)26(23,24)15-6-2-1-3-7-15/h1-9H,10-14H2. The summed E-state index contributed by atoms with van der Waals surface area (Å²) in [6.07, 6.45) is 0. The van der Waals surface area contributed by atoms with E-state index in [1.165, 1.54) is 4.31 Å². The van der Waals surface area contributed by atoms with Crippen molar-refractivity contribution in [2.45, 2.75) is 4.90 Å². The molecule has 0 radical (unpaired) electrons. The predicted molar refractivity (Wildman–Crippen MR) is 98.7 cm³/mol. The third-order valence-electron chi connectivity index (χ3n) is 4.16. The topological polar surface area (TPSA) is 66.9 Å². The summed E-state index contributed by atoms with van der Waals surface area (Å²) in [5, 5.41) is 0.444. The second kappa shape index (κ2) is 8.07. The Morgan fingerprint density at radius 3 is 2.23 bits per heavy atom. The van der Waals surface area contributed by atoms with Gasteiger partial charge in [-0.05, 0) is 24.3 Å². The second-order valence-corrected chi connectivity index (χ2v) is 8.16. The molecule has 0 bridgehead atoms. The zero-order chi connectivity index (χ0) is 18.6. The monoisotopic (exact) mass is 394 g/mol. The number of ether oxygens (including phenoxy) is 1. The molecule has 1 heterocycles. The molecular formula is C18H19ClN2O4S. The van der Waals surface area contributed by atoms with Crippen molar-refractivity contribution in [3.63, 3.8) is 0 Å². The number of para-hydroxylation sites is 1. The summed E-state index contributed by atoms with van der Waals surface area (Å²) in [7, 11) is -3.53. The number of benzene rings is 2. The van der Waals surface area contributed by atoms with E-state index in [0.717, 1.165) is 0 Å². The molecule has 0 N–H and O–H groups in total. The number of piperazine rings is 1. The van der Waals surface area contributed by atoms with E-state index in [2.05, 4.69) is 0 Å². The summed E-state index contributed by atoms with van der Waals surface area (Å²) >= 11 is 6.00. The molecule has 138 valence electrons. The van der Waals surface area contributed by atoms with Crippen LogP contribution in [0.2, 0.25) is 5.02 Å². The van der Waals surface area contributed by atoms with E-state index in [1.54, 1.807) is 59.5 Å². The fourth-order valence-corrected chi connectivity index (χ4v) is 4.35. The Bertz CT molecular complexity index is 866. The lowest BCUT2D eigenvalue weighted by Crippen LogP contribution is -2.51. The van der Waals surface area contributed by atoms with Crippen LogP contribution in [0.3, 0.4) is 0 Å². The molecule has 6 nitrogen and oxygen atoms in total. The third-order valence-corrected chi connectivity index (χ3v) is 6.39. The Kier molecular flexibility index (Phi) is 5.80. The molecule has 1 aliphatic rings. The molecule has 1 amide bonds. The zero-order valence-electron chi connectivity index (χ0n) is 14.0. The van der Waals surface area contributed by atoms with Gasteiger partial charge in [0.05, 0.1) is 9.92 Å². The lowest BCUT2D eigenvalue weighted by molar-refractivity contribution is -0.134. The number of halogens is 1. The Morgan fingerprint density at radius 1 is 0.962 bits per heavy atom. The van der Waals surface area contributed by atoms with Crippen molar-refractivity contribution >= 4 is 27.5 Å². The molecule has 0 aromatic heterocycles. The number of sulfonamides is 1. The van der Waals surface area contributed by atoms with E-state index in [4.69, 9.17) is 16.3 Å². The fraction of sp³-hybridized carbons (Fsp3) is 0.278. The SMILES string of the molecule is O=C(COc1ccccc1Cl)N1CCN(S(=O)(=O)c2ccccc2)CC1. The van der Waals surface area contributed by atoms with Crippen molar-refractivity contribution in [1.29, 1.82) is 0 Å². The molecule has 0 atom stereocenters. The van der Waals surface area contributed by atoms with Gasteiger partial charge in [-0.1, -0.05) is 41.9 Å². The molecule has 0 saturated carbocycles. The molecule has 1 fully saturated rings. The Hall–Kier alpha value is -2.09. The lowest BCUT2D eigenvalue weighted by atomic mass is 10.3. The van der Waals surface area contributed by atoms with E-state index in [-0.39, 0.29) is 30.5 Å². The van der Waals surface area contributed by atoms with Gasteiger partial charge in [0.25, 0.3) is 5.91 Å². The molecule has 26 heavy (non-hydrogen) atoms. The van der Waals surface area contributed by atoms with E-state index in [1.807, 2.05) is 0 Å². The van der Waals surface area contributed by atoms with Gasteiger partial charge in [0.15, 0.2) is 6.61 Å². The van der Waals surface area contributed by atoms with Crippen LogP contribution in [0.4, 0.5) is 0 Å². The first-order chi connectivity index (χ1) is 12.5. The number of rotatable bonds is 5. The van der Waals surface area contributed by atoms with Crippen LogP contribution in [0.15, 0.2) is 59.5 Å².